The first-order valence-electron chi connectivity index (χ1n) is 7.72. The number of ether oxygens (including phenoxy) is 1. The zero-order valence-corrected chi connectivity index (χ0v) is 12.3. The summed E-state index contributed by atoms with van der Waals surface area (Å²) >= 11 is 0. The lowest BCUT2D eigenvalue weighted by Gasteiger charge is -2.45. The van der Waals surface area contributed by atoms with Gasteiger partial charge >= 0.3 is 0 Å². The van der Waals surface area contributed by atoms with Gasteiger partial charge in [0.15, 0.2) is 0 Å². The number of hydrogen-bond donors (Lipinski definition) is 1. The molecule has 1 saturated carbocycles. The van der Waals surface area contributed by atoms with Crippen molar-refractivity contribution in [2.45, 2.75) is 44.1 Å². The highest BCUT2D eigenvalue weighted by Gasteiger charge is 2.39. The van der Waals surface area contributed by atoms with E-state index in [1.165, 1.54) is 25.5 Å². The van der Waals surface area contributed by atoms with Gasteiger partial charge in [-0.25, -0.2) is 0 Å². The van der Waals surface area contributed by atoms with Crippen molar-refractivity contribution in [3.8, 4) is 5.75 Å². The first-order chi connectivity index (χ1) is 10.2. The van der Waals surface area contributed by atoms with Crippen LogP contribution in [-0.4, -0.2) is 46.2 Å². The van der Waals surface area contributed by atoms with Gasteiger partial charge in [0.2, 0.25) is 5.91 Å². The maximum absolute atomic E-state index is 12.5. The number of pyridine rings is 1. The van der Waals surface area contributed by atoms with Crippen LogP contribution in [0.5, 0.6) is 5.75 Å². The third-order valence-corrected chi connectivity index (χ3v) is 4.50. The van der Waals surface area contributed by atoms with Crippen LogP contribution in [0, 0.1) is 0 Å². The Balaban J connectivity index is 1.64. The van der Waals surface area contributed by atoms with Gasteiger partial charge in [-0.05, 0) is 24.5 Å². The van der Waals surface area contributed by atoms with E-state index in [4.69, 9.17) is 4.74 Å². The summed E-state index contributed by atoms with van der Waals surface area (Å²) in [4.78, 5) is 18.3. The number of hydrogen-bond acceptors (Lipinski definition) is 4. The van der Waals surface area contributed by atoms with Crippen molar-refractivity contribution in [1.29, 1.82) is 0 Å². The SMILES string of the molecule is O=C(Cc1cncc(O)c1)N1CCOC2(CCCCC2)C1. The summed E-state index contributed by atoms with van der Waals surface area (Å²) in [6, 6.07) is 1.60. The van der Waals surface area contributed by atoms with Crippen LogP contribution in [0.4, 0.5) is 0 Å². The average Bonchev–Trinajstić information content (AvgIpc) is 2.48. The predicted molar refractivity (Wildman–Crippen MR) is 78.0 cm³/mol. The molecule has 2 aliphatic rings. The van der Waals surface area contributed by atoms with Gasteiger partial charge in [-0.3, -0.25) is 9.78 Å². The Morgan fingerprint density at radius 2 is 2.14 bits per heavy atom. The molecule has 0 unspecified atom stereocenters. The van der Waals surface area contributed by atoms with Crippen LogP contribution in [0.2, 0.25) is 0 Å². The van der Waals surface area contributed by atoms with Crippen LogP contribution in [0.1, 0.15) is 37.7 Å². The number of aromatic hydroxyl groups is 1. The maximum Gasteiger partial charge on any atom is 0.227 e. The van der Waals surface area contributed by atoms with Crippen LogP contribution in [-0.2, 0) is 16.0 Å². The van der Waals surface area contributed by atoms with E-state index in [-0.39, 0.29) is 23.7 Å². The van der Waals surface area contributed by atoms with Gasteiger partial charge in [0.25, 0.3) is 0 Å². The van der Waals surface area contributed by atoms with Crippen molar-refractivity contribution in [2.75, 3.05) is 19.7 Å². The van der Waals surface area contributed by atoms with Crippen LogP contribution in [0.25, 0.3) is 0 Å². The highest BCUT2D eigenvalue weighted by atomic mass is 16.5. The number of rotatable bonds is 2. The van der Waals surface area contributed by atoms with Crippen molar-refractivity contribution in [3.05, 3.63) is 24.0 Å². The molecule has 1 aliphatic carbocycles. The molecule has 1 aromatic rings. The molecule has 1 saturated heterocycles. The quantitative estimate of drug-likeness (QED) is 0.903. The highest BCUT2D eigenvalue weighted by Crippen LogP contribution is 2.34. The minimum Gasteiger partial charge on any atom is -0.506 e. The Morgan fingerprint density at radius 3 is 2.90 bits per heavy atom. The van der Waals surface area contributed by atoms with Crippen molar-refractivity contribution >= 4 is 5.91 Å². The molecule has 5 nitrogen and oxygen atoms in total. The third-order valence-electron chi connectivity index (χ3n) is 4.50. The number of nitrogens with zero attached hydrogens (tertiary/aromatic N) is 2. The van der Waals surface area contributed by atoms with Crippen molar-refractivity contribution < 1.29 is 14.6 Å². The summed E-state index contributed by atoms with van der Waals surface area (Å²) in [5.74, 6) is 0.196. The van der Waals surface area contributed by atoms with E-state index in [1.54, 1.807) is 12.3 Å². The second-order valence-electron chi connectivity index (χ2n) is 6.14. The minimum atomic E-state index is -0.108. The van der Waals surface area contributed by atoms with E-state index in [2.05, 4.69) is 4.98 Å². The summed E-state index contributed by atoms with van der Waals surface area (Å²) in [6.45, 7) is 1.99. The predicted octanol–water partition coefficient (Wildman–Crippen LogP) is 1.89. The van der Waals surface area contributed by atoms with Gasteiger partial charge in [0, 0.05) is 19.3 Å². The third kappa shape index (κ3) is 3.35. The summed E-state index contributed by atoms with van der Waals surface area (Å²) in [7, 11) is 0. The number of amides is 1. The standard InChI is InChI=1S/C16H22N2O3/c19-14-8-13(10-17-11-14)9-15(20)18-6-7-21-16(12-18)4-2-1-3-5-16/h8,10-11,19H,1-7,9,12H2. The molecule has 0 atom stereocenters. The molecule has 0 bridgehead atoms. The van der Waals surface area contributed by atoms with E-state index in [0.717, 1.165) is 18.4 Å². The summed E-state index contributed by atoms with van der Waals surface area (Å²) in [5.41, 5.74) is 0.646. The van der Waals surface area contributed by atoms with Gasteiger partial charge in [-0.1, -0.05) is 19.3 Å². The molecule has 2 fully saturated rings. The fourth-order valence-corrected chi connectivity index (χ4v) is 3.41. The molecular formula is C16H22N2O3. The summed E-state index contributed by atoms with van der Waals surface area (Å²) < 4.78 is 6.01. The van der Waals surface area contributed by atoms with Crippen LogP contribution < -0.4 is 0 Å². The minimum absolute atomic E-state index is 0.0932. The van der Waals surface area contributed by atoms with E-state index < -0.39 is 0 Å². The van der Waals surface area contributed by atoms with Gasteiger partial charge in [-0.15, -0.1) is 0 Å². The molecule has 2 heterocycles. The molecule has 5 heteroatoms. The van der Waals surface area contributed by atoms with E-state index >= 15 is 0 Å². The zero-order chi connectivity index (χ0) is 14.7. The van der Waals surface area contributed by atoms with Crippen LogP contribution in [0.15, 0.2) is 18.5 Å². The molecule has 1 N–H and O–H groups in total. The first kappa shape index (κ1) is 14.3. The first-order valence-corrected chi connectivity index (χ1v) is 7.72. The average molecular weight is 290 g/mol. The Bertz CT molecular complexity index is 506. The molecule has 1 aliphatic heterocycles. The van der Waals surface area contributed by atoms with Gasteiger partial charge in [-0.2, -0.15) is 0 Å². The molecule has 1 aromatic heterocycles. The number of morpholine rings is 1. The molecule has 3 rings (SSSR count). The Morgan fingerprint density at radius 1 is 1.33 bits per heavy atom. The smallest absolute Gasteiger partial charge is 0.227 e. The largest absolute Gasteiger partial charge is 0.506 e. The van der Waals surface area contributed by atoms with Gasteiger partial charge in [0.1, 0.15) is 5.75 Å². The summed E-state index contributed by atoms with van der Waals surface area (Å²) in [6.07, 6.45) is 9.08. The van der Waals surface area contributed by atoms with Gasteiger partial charge < -0.3 is 14.7 Å². The molecule has 114 valence electrons. The topological polar surface area (TPSA) is 62.7 Å². The Hall–Kier alpha value is -1.62. The molecule has 1 amide bonds. The van der Waals surface area contributed by atoms with E-state index in [0.29, 0.717) is 19.7 Å². The van der Waals surface area contributed by atoms with Crippen molar-refractivity contribution in [1.82, 2.24) is 9.88 Å². The maximum atomic E-state index is 12.5. The Labute approximate surface area is 124 Å². The van der Waals surface area contributed by atoms with Gasteiger partial charge in [0.05, 0.1) is 24.8 Å². The van der Waals surface area contributed by atoms with E-state index in [1.807, 2.05) is 4.90 Å². The van der Waals surface area contributed by atoms with Crippen LogP contribution in [0.3, 0.4) is 0 Å². The monoisotopic (exact) mass is 290 g/mol. The van der Waals surface area contributed by atoms with E-state index in [9.17, 15) is 9.90 Å². The fraction of sp³-hybridized carbons (Fsp3) is 0.625. The second-order valence-corrected chi connectivity index (χ2v) is 6.14. The normalized spacial score (nSPS) is 21.4. The van der Waals surface area contributed by atoms with Crippen LogP contribution >= 0.6 is 0 Å². The fourth-order valence-electron chi connectivity index (χ4n) is 3.41. The van der Waals surface area contributed by atoms with Crippen molar-refractivity contribution in [2.24, 2.45) is 0 Å². The molecule has 1 spiro atoms. The van der Waals surface area contributed by atoms with Crippen molar-refractivity contribution in [3.63, 3.8) is 0 Å². The molecule has 21 heavy (non-hydrogen) atoms. The Kier molecular flexibility index (Phi) is 4.10. The number of carbonyl (C=O) groups excluding carboxylic acids is 1. The number of aromatic nitrogens is 1. The zero-order valence-electron chi connectivity index (χ0n) is 12.3. The second kappa shape index (κ2) is 6.02. The highest BCUT2D eigenvalue weighted by molar-refractivity contribution is 5.79. The molecule has 0 radical (unpaired) electrons. The molecule has 0 aromatic carbocycles. The molecular weight excluding hydrogens is 268 g/mol. The summed E-state index contributed by atoms with van der Waals surface area (Å²) in [5, 5.41) is 9.43. The lowest BCUT2D eigenvalue weighted by atomic mass is 9.83. The lowest BCUT2D eigenvalue weighted by Crippen LogP contribution is -2.54. The lowest BCUT2D eigenvalue weighted by molar-refractivity contribution is -0.155. The number of carbonyl (C=O) groups is 1.